The largest absolute Gasteiger partial charge is 0.465 e. The van der Waals surface area contributed by atoms with Crippen molar-refractivity contribution >= 4 is 11.9 Å². The number of nitrogens with zero attached hydrogens (tertiary/aromatic N) is 1. The number of methoxy groups -OCH3 is 1. The molecular weight excluding hydrogens is 244 g/mol. The number of carbonyl (C=O) groups excluding carboxylic acids is 2. The van der Waals surface area contributed by atoms with Crippen molar-refractivity contribution in [2.24, 2.45) is 0 Å². The molecular formula is C14H18N2O3. The summed E-state index contributed by atoms with van der Waals surface area (Å²) in [5.74, 6) is -0.630. The Kier molecular flexibility index (Phi) is 4.49. The van der Waals surface area contributed by atoms with Gasteiger partial charge in [0.15, 0.2) is 0 Å². The molecule has 1 heterocycles. The lowest BCUT2D eigenvalue weighted by atomic mass is 9.95. The molecule has 1 aromatic heterocycles. The zero-order valence-corrected chi connectivity index (χ0v) is 11.0. The molecule has 1 aromatic rings. The van der Waals surface area contributed by atoms with E-state index in [1.54, 1.807) is 12.1 Å². The molecule has 102 valence electrons. The summed E-state index contributed by atoms with van der Waals surface area (Å²) >= 11 is 0. The molecule has 1 amide bonds. The van der Waals surface area contributed by atoms with Gasteiger partial charge in [-0.05, 0) is 25.0 Å². The minimum atomic E-state index is -0.452. The topological polar surface area (TPSA) is 68.3 Å². The molecule has 19 heavy (non-hydrogen) atoms. The van der Waals surface area contributed by atoms with Crippen LogP contribution in [-0.2, 0) is 4.74 Å². The van der Waals surface area contributed by atoms with Crippen LogP contribution in [0.25, 0.3) is 0 Å². The Morgan fingerprint density at radius 2 is 2.00 bits per heavy atom. The number of rotatable bonds is 3. The molecule has 5 heteroatoms. The molecule has 0 spiro atoms. The second kappa shape index (κ2) is 6.31. The zero-order chi connectivity index (χ0) is 13.7. The third-order valence-corrected chi connectivity index (χ3v) is 3.36. The average molecular weight is 262 g/mol. The van der Waals surface area contributed by atoms with E-state index in [0.29, 0.717) is 11.3 Å². The van der Waals surface area contributed by atoms with Gasteiger partial charge in [0.1, 0.15) is 5.69 Å². The van der Waals surface area contributed by atoms with Crippen molar-refractivity contribution in [3.8, 4) is 0 Å². The standard InChI is InChI=1S/C14H18N2O3/c1-19-14(18)10-7-8-12(15-9-10)13(17)16-11-5-3-2-4-6-11/h7-9,11H,2-6H2,1H3,(H,16,17). The number of aromatic nitrogens is 1. The molecule has 0 unspecified atom stereocenters. The highest BCUT2D eigenvalue weighted by Crippen LogP contribution is 2.17. The van der Waals surface area contributed by atoms with Crippen LogP contribution in [0.5, 0.6) is 0 Å². The number of nitrogens with one attached hydrogen (secondary N) is 1. The van der Waals surface area contributed by atoms with Crippen molar-refractivity contribution in [3.63, 3.8) is 0 Å². The lowest BCUT2D eigenvalue weighted by Gasteiger charge is -2.22. The summed E-state index contributed by atoms with van der Waals surface area (Å²) in [6.07, 6.45) is 7.01. The smallest absolute Gasteiger partial charge is 0.339 e. The van der Waals surface area contributed by atoms with E-state index in [1.165, 1.54) is 32.6 Å². The Bertz CT molecular complexity index is 450. The van der Waals surface area contributed by atoms with E-state index >= 15 is 0 Å². The Morgan fingerprint density at radius 1 is 1.26 bits per heavy atom. The molecule has 2 rings (SSSR count). The molecule has 1 saturated carbocycles. The summed E-state index contributed by atoms with van der Waals surface area (Å²) in [5.41, 5.74) is 0.676. The van der Waals surface area contributed by atoms with E-state index in [4.69, 9.17) is 0 Å². The van der Waals surface area contributed by atoms with Gasteiger partial charge in [-0.2, -0.15) is 0 Å². The monoisotopic (exact) mass is 262 g/mol. The lowest BCUT2D eigenvalue weighted by Crippen LogP contribution is -2.36. The average Bonchev–Trinajstić information content (AvgIpc) is 2.47. The van der Waals surface area contributed by atoms with Gasteiger partial charge in [-0.25, -0.2) is 4.79 Å². The van der Waals surface area contributed by atoms with Gasteiger partial charge < -0.3 is 10.1 Å². The molecule has 0 atom stereocenters. The van der Waals surface area contributed by atoms with E-state index in [0.717, 1.165) is 12.8 Å². The second-order valence-electron chi connectivity index (χ2n) is 4.73. The molecule has 1 fully saturated rings. The Balaban J connectivity index is 1.97. The van der Waals surface area contributed by atoms with E-state index in [-0.39, 0.29) is 11.9 Å². The molecule has 0 saturated heterocycles. The first-order valence-electron chi connectivity index (χ1n) is 6.56. The highest BCUT2D eigenvalue weighted by Gasteiger charge is 2.17. The van der Waals surface area contributed by atoms with E-state index in [9.17, 15) is 9.59 Å². The number of hydrogen-bond donors (Lipinski definition) is 1. The van der Waals surface area contributed by atoms with Gasteiger partial charge in [-0.15, -0.1) is 0 Å². The molecule has 1 N–H and O–H groups in total. The maximum Gasteiger partial charge on any atom is 0.339 e. The summed E-state index contributed by atoms with van der Waals surface area (Å²) in [4.78, 5) is 27.2. The minimum Gasteiger partial charge on any atom is -0.465 e. The normalized spacial score (nSPS) is 15.8. The maximum atomic E-state index is 12.0. The molecule has 0 aliphatic heterocycles. The van der Waals surface area contributed by atoms with Gasteiger partial charge >= 0.3 is 5.97 Å². The van der Waals surface area contributed by atoms with Gasteiger partial charge in [0, 0.05) is 12.2 Å². The number of carbonyl (C=O) groups is 2. The van der Waals surface area contributed by atoms with Crippen LogP contribution in [0.1, 0.15) is 53.0 Å². The minimum absolute atomic E-state index is 0.177. The van der Waals surface area contributed by atoms with Crippen molar-refractivity contribution in [2.75, 3.05) is 7.11 Å². The van der Waals surface area contributed by atoms with Crippen LogP contribution in [-0.4, -0.2) is 30.0 Å². The van der Waals surface area contributed by atoms with Gasteiger partial charge in [0.25, 0.3) is 5.91 Å². The molecule has 1 aliphatic rings. The van der Waals surface area contributed by atoms with Crippen LogP contribution < -0.4 is 5.32 Å². The molecule has 5 nitrogen and oxygen atoms in total. The third kappa shape index (κ3) is 3.53. The van der Waals surface area contributed by atoms with Crippen LogP contribution >= 0.6 is 0 Å². The molecule has 0 bridgehead atoms. The number of esters is 1. The fourth-order valence-electron chi connectivity index (χ4n) is 2.27. The quantitative estimate of drug-likeness (QED) is 0.845. The third-order valence-electron chi connectivity index (χ3n) is 3.36. The van der Waals surface area contributed by atoms with Crippen molar-refractivity contribution in [3.05, 3.63) is 29.6 Å². The lowest BCUT2D eigenvalue weighted by molar-refractivity contribution is 0.0599. The van der Waals surface area contributed by atoms with Crippen molar-refractivity contribution < 1.29 is 14.3 Å². The second-order valence-corrected chi connectivity index (χ2v) is 4.73. The summed E-state index contributed by atoms with van der Waals surface area (Å²) in [6, 6.07) is 3.35. The van der Waals surface area contributed by atoms with Crippen LogP contribution in [0.3, 0.4) is 0 Å². The van der Waals surface area contributed by atoms with E-state index in [1.807, 2.05) is 0 Å². The SMILES string of the molecule is COC(=O)c1ccc(C(=O)NC2CCCCC2)nc1. The highest BCUT2D eigenvalue weighted by atomic mass is 16.5. The van der Waals surface area contributed by atoms with E-state index in [2.05, 4.69) is 15.0 Å². The fourth-order valence-corrected chi connectivity index (χ4v) is 2.27. The zero-order valence-electron chi connectivity index (χ0n) is 11.0. The van der Waals surface area contributed by atoms with Gasteiger partial charge in [0.05, 0.1) is 12.7 Å². The predicted octanol–water partition coefficient (Wildman–Crippen LogP) is 1.93. The summed E-state index contributed by atoms with van der Waals surface area (Å²) in [6.45, 7) is 0. The summed E-state index contributed by atoms with van der Waals surface area (Å²) in [7, 11) is 1.31. The molecule has 0 aromatic carbocycles. The number of amides is 1. The number of hydrogen-bond acceptors (Lipinski definition) is 4. The highest BCUT2D eigenvalue weighted by molar-refractivity contribution is 5.94. The Hall–Kier alpha value is -1.91. The number of pyridine rings is 1. The Labute approximate surface area is 112 Å². The Morgan fingerprint density at radius 3 is 2.58 bits per heavy atom. The van der Waals surface area contributed by atoms with Crippen LogP contribution in [0.2, 0.25) is 0 Å². The summed E-state index contributed by atoms with van der Waals surface area (Å²) < 4.78 is 4.58. The first-order valence-corrected chi connectivity index (χ1v) is 6.56. The maximum absolute atomic E-state index is 12.0. The van der Waals surface area contributed by atoms with Gasteiger partial charge in [-0.3, -0.25) is 9.78 Å². The van der Waals surface area contributed by atoms with E-state index < -0.39 is 5.97 Å². The van der Waals surface area contributed by atoms with Crippen LogP contribution in [0, 0.1) is 0 Å². The van der Waals surface area contributed by atoms with Crippen molar-refractivity contribution in [2.45, 2.75) is 38.1 Å². The van der Waals surface area contributed by atoms with Gasteiger partial charge in [0.2, 0.25) is 0 Å². The molecule has 0 radical (unpaired) electrons. The fraction of sp³-hybridized carbons (Fsp3) is 0.500. The first-order chi connectivity index (χ1) is 9.20. The van der Waals surface area contributed by atoms with Crippen LogP contribution in [0.4, 0.5) is 0 Å². The number of ether oxygens (including phenoxy) is 1. The molecule has 1 aliphatic carbocycles. The van der Waals surface area contributed by atoms with Crippen molar-refractivity contribution in [1.82, 2.24) is 10.3 Å². The first kappa shape index (κ1) is 13.5. The van der Waals surface area contributed by atoms with Gasteiger partial charge in [-0.1, -0.05) is 19.3 Å². The van der Waals surface area contributed by atoms with Crippen molar-refractivity contribution in [1.29, 1.82) is 0 Å². The summed E-state index contributed by atoms with van der Waals surface area (Å²) in [5, 5.41) is 2.98. The van der Waals surface area contributed by atoms with Crippen LogP contribution in [0.15, 0.2) is 18.3 Å². The predicted molar refractivity (Wildman–Crippen MR) is 69.9 cm³/mol.